The molecule has 2 aliphatic rings. The molecule has 4 nitrogen and oxygen atoms in total. The highest BCUT2D eigenvalue weighted by molar-refractivity contribution is 5.69. The first-order valence-corrected chi connectivity index (χ1v) is 6.84. The number of hydrogen-bond acceptors (Lipinski definition) is 4. The molecule has 1 aromatic rings. The van der Waals surface area contributed by atoms with Crippen LogP contribution in [0.5, 0.6) is 0 Å². The Labute approximate surface area is 113 Å². The van der Waals surface area contributed by atoms with Crippen molar-refractivity contribution in [3.05, 3.63) is 29.3 Å². The normalized spacial score (nSPS) is 24.3. The minimum absolute atomic E-state index is 0.162. The Kier molecular flexibility index (Phi) is 3.42. The van der Waals surface area contributed by atoms with E-state index in [-0.39, 0.29) is 12.1 Å². The maximum atomic E-state index is 11.2. The lowest BCUT2D eigenvalue weighted by Crippen LogP contribution is -2.34. The zero-order valence-electron chi connectivity index (χ0n) is 11.1. The van der Waals surface area contributed by atoms with E-state index in [2.05, 4.69) is 28.3 Å². The molecule has 1 N–H and O–H groups in total. The Morgan fingerprint density at radius 1 is 1.53 bits per heavy atom. The molecule has 2 aliphatic heterocycles. The second-order valence-corrected chi connectivity index (χ2v) is 5.22. The standard InChI is InChI=1S/C15H19NO3/c1-18-15(17)5-3-10-2-4-13-12(8-10)14-9-11(16-13)6-7-19-14/h2,4,8,11,14,16H,3,5-7,9H2,1H3. The summed E-state index contributed by atoms with van der Waals surface area (Å²) in [6.45, 7) is 0.828. The van der Waals surface area contributed by atoms with E-state index in [9.17, 15) is 4.79 Å². The van der Waals surface area contributed by atoms with E-state index in [1.807, 2.05) is 0 Å². The minimum Gasteiger partial charge on any atom is -0.469 e. The highest BCUT2D eigenvalue weighted by atomic mass is 16.5. The Morgan fingerprint density at radius 3 is 3.26 bits per heavy atom. The predicted molar refractivity (Wildman–Crippen MR) is 72.1 cm³/mol. The van der Waals surface area contributed by atoms with Crippen LogP contribution in [0.15, 0.2) is 18.2 Å². The van der Waals surface area contributed by atoms with Crippen molar-refractivity contribution < 1.29 is 14.3 Å². The van der Waals surface area contributed by atoms with E-state index in [4.69, 9.17) is 4.74 Å². The monoisotopic (exact) mass is 261 g/mol. The van der Waals surface area contributed by atoms with Crippen molar-refractivity contribution in [1.29, 1.82) is 0 Å². The summed E-state index contributed by atoms with van der Waals surface area (Å²) in [5.41, 5.74) is 3.58. The molecule has 0 saturated carbocycles. The van der Waals surface area contributed by atoms with E-state index >= 15 is 0 Å². The molecule has 0 spiro atoms. The van der Waals surface area contributed by atoms with Crippen molar-refractivity contribution in [2.24, 2.45) is 0 Å². The molecule has 102 valence electrons. The van der Waals surface area contributed by atoms with E-state index in [1.54, 1.807) is 0 Å². The van der Waals surface area contributed by atoms with Crippen molar-refractivity contribution in [3.8, 4) is 0 Å². The third-order valence-electron chi connectivity index (χ3n) is 3.95. The molecular weight excluding hydrogens is 242 g/mol. The molecule has 19 heavy (non-hydrogen) atoms. The van der Waals surface area contributed by atoms with Crippen LogP contribution < -0.4 is 5.32 Å². The lowest BCUT2D eigenvalue weighted by atomic mass is 9.90. The van der Waals surface area contributed by atoms with Crippen LogP contribution in [0.25, 0.3) is 0 Å². The van der Waals surface area contributed by atoms with Gasteiger partial charge in [0.2, 0.25) is 0 Å². The number of aryl methyl sites for hydroxylation is 1. The van der Waals surface area contributed by atoms with Gasteiger partial charge in [-0.1, -0.05) is 12.1 Å². The van der Waals surface area contributed by atoms with E-state index in [0.717, 1.165) is 25.9 Å². The average Bonchev–Trinajstić information content (AvgIpc) is 2.45. The number of anilines is 1. The fraction of sp³-hybridized carbons (Fsp3) is 0.533. The molecule has 0 aliphatic carbocycles. The van der Waals surface area contributed by atoms with E-state index in [1.165, 1.54) is 23.9 Å². The summed E-state index contributed by atoms with van der Waals surface area (Å²) in [5.74, 6) is -0.162. The molecule has 2 bridgehead atoms. The second kappa shape index (κ2) is 5.21. The first-order valence-electron chi connectivity index (χ1n) is 6.84. The molecule has 0 amide bonds. The molecule has 3 rings (SSSR count). The zero-order chi connectivity index (χ0) is 13.2. The number of carbonyl (C=O) groups is 1. The zero-order valence-corrected chi connectivity index (χ0v) is 11.1. The van der Waals surface area contributed by atoms with Crippen LogP contribution in [0.3, 0.4) is 0 Å². The van der Waals surface area contributed by atoms with Gasteiger partial charge in [0.1, 0.15) is 0 Å². The maximum absolute atomic E-state index is 11.2. The lowest BCUT2D eigenvalue weighted by molar-refractivity contribution is -0.140. The summed E-state index contributed by atoms with van der Waals surface area (Å²) in [4.78, 5) is 11.2. The fourth-order valence-electron chi connectivity index (χ4n) is 2.88. The number of ether oxygens (including phenoxy) is 2. The highest BCUT2D eigenvalue weighted by Crippen LogP contribution is 2.39. The van der Waals surface area contributed by atoms with Crippen molar-refractivity contribution in [2.75, 3.05) is 19.0 Å². The van der Waals surface area contributed by atoms with Gasteiger partial charge in [-0.15, -0.1) is 0 Å². The molecule has 2 heterocycles. The van der Waals surface area contributed by atoms with Gasteiger partial charge >= 0.3 is 5.97 Å². The Bertz CT molecular complexity index is 486. The quantitative estimate of drug-likeness (QED) is 0.849. The van der Waals surface area contributed by atoms with E-state index in [0.29, 0.717) is 12.5 Å². The summed E-state index contributed by atoms with van der Waals surface area (Å²) in [7, 11) is 1.43. The van der Waals surface area contributed by atoms with Gasteiger partial charge in [0.15, 0.2) is 0 Å². The molecule has 1 aromatic carbocycles. The summed E-state index contributed by atoms with van der Waals surface area (Å²) in [6.07, 6.45) is 3.49. The third kappa shape index (κ3) is 2.59. The first kappa shape index (κ1) is 12.5. The number of methoxy groups -OCH3 is 1. The van der Waals surface area contributed by atoms with Gasteiger partial charge in [0.25, 0.3) is 0 Å². The van der Waals surface area contributed by atoms with Crippen molar-refractivity contribution in [2.45, 2.75) is 37.8 Å². The number of carbonyl (C=O) groups excluding carboxylic acids is 1. The van der Waals surface area contributed by atoms with Crippen molar-refractivity contribution in [3.63, 3.8) is 0 Å². The van der Waals surface area contributed by atoms with Crippen LogP contribution in [0.1, 0.15) is 36.5 Å². The van der Waals surface area contributed by atoms with Crippen LogP contribution in [-0.2, 0) is 20.7 Å². The smallest absolute Gasteiger partial charge is 0.305 e. The number of nitrogens with one attached hydrogen (secondary N) is 1. The Morgan fingerprint density at radius 2 is 2.42 bits per heavy atom. The van der Waals surface area contributed by atoms with Gasteiger partial charge in [-0.25, -0.2) is 0 Å². The van der Waals surface area contributed by atoms with Crippen LogP contribution >= 0.6 is 0 Å². The number of benzene rings is 1. The number of rotatable bonds is 3. The lowest BCUT2D eigenvalue weighted by Gasteiger charge is -2.37. The Balaban J connectivity index is 1.77. The van der Waals surface area contributed by atoms with Gasteiger partial charge in [-0.3, -0.25) is 4.79 Å². The highest BCUT2D eigenvalue weighted by Gasteiger charge is 2.30. The van der Waals surface area contributed by atoms with Crippen LogP contribution in [0.4, 0.5) is 5.69 Å². The molecule has 1 fully saturated rings. The summed E-state index contributed by atoms with van der Waals surface area (Å²) in [6, 6.07) is 6.90. The first-order chi connectivity index (χ1) is 9.26. The molecule has 1 saturated heterocycles. The van der Waals surface area contributed by atoms with Gasteiger partial charge in [-0.2, -0.15) is 0 Å². The summed E-state index contributed by atoms with van der Waals surface area (Å²) < 4.78 is 10.5. The van der Waals surface area contributed by atoms with Crippen LogP contribution in [0.2, 0.25) is 0 Å². The summed E-state index contributed by atoms with van der Waals surface area (Å²) >= 11 is 0. The molecule has 2 unspecified atom stereocenters. The molecule has 4 heteroatoms. The number of hydrogen-bond donors (Lipinski definition) is 1. The average molecular weight is 261 g/mol. The second-order valence-electron chi connectivity index (χ2n) is 5.22. The summed E-state index contributed by atoms with van der Waals surface area (Å²) in [5, 5.41) is 3.56. The van der Waals surface area contributed by atoms with Gasteiger partial charge in [-0.05, 0) is 30.9 Å². The fourth-order valence-corrected chi connectivity index (χ4v) is 2.88. The maximum Gasteiger partial charge on any atom is 0.305 e. The molecular formula is C15H19NO3. The van der Waals surface area contributed by atoms with E-state index < -0.39 is 0 Å². The topological polar surface area (TPSA) is 47.6 Å². The predicted octanol–water partition coefficient (Wildman–Crippen LogP) is 2.44. The van der Waals surface area contributed by atoms with Crippen molar-refractivity contribution >= 4 is 11.7 Å². The van der Waals surface area contributed by atoms with Gasteiger partial charge in [0, 0.05) is 30.3 Å². The van der Waals surface area contributed by atoms with Crippen LogP contribution in [0, 0.1) is 0 Å². The molecule has 0 radical (unpaired) electrons. The Hall–Kier alpha value is -1.55. The van der Waals surface area contributed by atoms with Crippen molar-refractivity contribution in [1.82, 2.24) is 0 Å². The minimum atomic E-state index is -0.162. The van der Waals surface area contributed by atoms with Crippen LogP contribution in [-0.4, -0.2) is 25.7 Å². The van der Waals surface area contributed by atoms with Gasteiger partial charge < -0.3 is 14.8 Å². The largest absolute Gasteiger partial charge is 0.469 e. The molecule has 2 atom stereocenters. The third-order valence-corrected chi connectivity index (χ3v) is 3.95. The van der Waals surface area contributed by atoms with Gasteiger partial charge in [0.05, 0.1) is 13.2 Å². The molecule has 0 aromatic heterocycles. The SMILES string of the molecule is COC(=O)CCc1ccc2c(c1)C1CC(CCO1)N2. The number of esters is 1. The number of fused-ring (bicyclic) bond motifs is 4.